The number of aromatic nitrogens is 2. The number of piperazine rings is 1. The quantitative estimate of drug-likeness (QED) is 0.405. The van der Waals surface area contributed by atoms with Crippen molar-refractivity contribution in [3.63, 3.8) is 0 Å². The number of aromatic amines is 1. The summed E-state index contributed by atoms with van der Waals surface area (Å²) in [6.45, 7) is 4.32. The van der Waals surface area contributed by atoms with Crippen LogP contribution in [0.4, 0.5) is 0 Å². The van der Waals surface area contributed by atoms with Crippen molar-refractivity contribution in [2.45, 2.75) is 18.9 Å². The van der Waals surface area contributed by atoms with Crippen molar-refractivity contribution in [3.05, 3.63) is 113 Å². The Balaban J connectivity index is 1.10. The third-order valence-electron chi connectivity index (χ3n) is 8.11. The molecule has 2 aliphatic heterocycles. The average molecular weight is 548 g/mol. The largest absolute Gasteiger partial charge is 0.338 e. The van der Waals surface area contributed by atoms with Gasteiger partial charge in [-0.25, -0.2) is 4.98 Å². The number of pyridine rings is 2. The molecule has 41 heavy (non-hydrogen) atoms. The van der Waals surface area contributed by atoms with Gasteiger partial charge in [0, 0.05) is 74.3 Å². The highest BCUT2D eigenvalue weighted by Crippen LogP contribution is 2.26. The number of hydrogen-bond donors (Lipinski definition) is 1. The molecule has 0 bridgehead atoms. The molecule has 1 N–H and O–H groups in total. The number of nitrogens with zero attached hydrogens (tertiary/aromatic N) is 4. The minimum Gasteiger partial charge on any atom is -0.338 e. The first-order valence-corrected chi connectivity index (χ1v) is 14.2. The monoisotopic (exact) mass is 547 g/mol. The van der Waals surface area contributed by atoms with Crippen molar-refractivity contribution in [1.29, 1.82) is 0 Å². The first-order chi connectivity index (χ1) is 20.0. The van der Waals surface area contributed by atoms with Crippen molar-refractivity contribution in [1.82, 2.24) is 24.7 Å². The second-order valence-electron chi connectivity index (χ2n) is 10.7. The molecule has 208 valence electrons. The summed E-state index contributed by atoms with van der Waals surface area (Å²) in [4.78, 5) is 51.6. The van der Waals surface area contributed by atoms with Gasteiger partial charge in [0.05, 0.1) is 17.0 Å². The summed E-state index contributed by atoms with van der Waals surface area (Å²) in [5.74, 6) is -0.0139. The van der Waals surface area contributed by atoms with Crippen LogP contribution < -0.4 is 5.56 Å². The number of H-pyrrole nitrogens is 1. The number of nitrogens with one attached hydrogen (secondary N) is 1. The fourth-order valence-electron chi connectivity index (χ4n) is 5.80. The third kappa shape index (κ3) is 5.98. The molecule has 0 aliphatic carbocycles. The van der Waals surface area contributed by atoms with Crippen LogP contribution in [-0.4, -0.2) is 81.8 Å². The van der Waals surface area contributed by atoms with E-state index in [0.717, 1.165) is 48.4 Å². The average Bonchev–Trinajstić information content (AvgIpc) is 3.05. The van der Waals surface area contributed by atoms with E-state index in [9.17, 15) is 14.4 Å². The van der Waals surface area contributed by atoms with E-state index in [0.29, 0.717) is 43.3 Å². The number of benzene rings is 2. The maximum absolute atomic E-state index is 13.7. The number of carbonyl (C=O) groups is 2. The van der Waals surface area contributed by atoms with Crippen molar-refractivity contribution in [3.8, 4) is 22.5 Å². The summed E-state index contributed by atoms with van der Waals surface area (Å²) in [6, 6.07) is 27.1. The Kier molecular flexibility index (Phi) is 7.73. The van der Waals surface area contributed by atoms with E-state index in [2.05, 4.69) is 9.88 Å². The Morgan fingerprint density at radius 2 is 1.20 bits per heavy atom. The number of piperidine rings is 1. The summed E-state index contributed by atoms with van der Waals surface area (Å²) in [7, 11) is 0. The van der Waals surface area contributed by atoms with E-state index >= 15 is 0 Å². The molecule has 2 aliphatic rings. The lowest BCUT2D eigenvalue weighted by molar-refractivity contribution is 0.0412. The number of amides is 2. The normalized spacial score (nSPS) is 16.5. The molecule has 0 unspecified atom stereocenters. The van der Waals surface area contributed by atoms with Crippen LogP contribution in [0.5, 0.6) is 0 Å². The smallest absolute Gasteiger partial charge is 0.255 e. The van der Waals surface area contributed by atoms with Gasteiger partial charge in [0.1, 0.15) is 0 Å². The van der Waals surface area contributed by atoms with Gasteiger partial charge in [-0.05, 0) is 31.0 Å². The number of rotatable bonds is 5. The molecule has 4 heterocycles. The number of carbonyl (C=O) groups excluding carboxylic acids is 2. The fourth-order valence-corrected chi connectivity index (χ4v) is 5.80. The van der Waals surface area contributed by atoms with Crippen LogP contribution in [0.25, 0.3) is 22.5 Å². The van der Waals surface area contributed by atoms with E-state index in [-0.39, 0.29) is 17.4 Å². The molecule has 8 nitrogen and oxygen atoms in total. The van der Waals surface area contributed by atoms with Gasteiger partial charge < -0.3 is 14.8 Å². The second kappa shape index (κ2) is 11.9. The molecule has 0 spiro atoms. The topological polar surface area (TPSA) is 89.6 Å². The van der Waals surface area contributed by atoms with Crippen molar-refractivity contribution < 1.29 is 9.59 Å². The van der Waals surface area contributed by atoms with Crippen LogP contribution in [0.2, 0.25) is 0 Å². The molecular formula is C33H33N5O3. The van der Waals surface area contributed by atoms with Crippen LogP contribution in [-0.2, 0) is 0 Å². The summed E-state index contributed by atoms with van der Waals surface area (Å²) >= 11 is 0. The lowest BCUT2D eigenvalue weighted by Crippen LogP contribution is -2.54. The predicted octanol–water partition coefficient (Wildman–Crippen LogP) is 4.17. The molecule has 2 aromatic carbocycles. The molecule has 8 heteroatoms. The van der Waals surface area contributed by atoms with Crippen LogP contribution in [0.1, 0.15) is 33.6 Å². The lowest BCUT2D eigenvalue weighted by atomic mass is 10.0. The summed E-state index contributed by atoms with van der Waals surface area (Å²) in [5, 5.41) is 0. The zero-order valence-electron chi connectivity index (χ0n) is 22.9. The predicted molar refractivity (Wildman–Crippen MR) is 159 cm³/mol. The highest BCUT2D eigenvalue weighted by atomic mass is 16.2. The highest BCUT2D eigenvalue weighted by Gasteiger charge is 2.31. The van der Waals surface area contributed by atoms with E-state index in [1.165, 1.54) is 12.3 Å². The molecule has 2 amide bonds. The molecule has 2 aromatic heterocycles. The van der Waals surface area contributed by atoms with Crippen molar-refractivity contribution >= 4 is 11.8 Å². The maximum Gasteiger partial charge on any atom is 0.255 e. The first kappa shape index (κ1) is 26.7. The molecule has 2 fully saturated rings. The fraction of sp³-hybridized carbons (Fsp3) is 0.273. The van der Waals surface area contributed by atoms with Gasteiger partial charge in [0.25, 0.3) is 11.8 Å². The summed E-state index contributed by atoms with van der Waals surface area (Å²) in [6.07, 6.45) is 3.28. The molecule has 4 aromatic rings. The SMILES string of the molecule is O=C(c1ccc(=O)[nH]c1)N1CCC(N2CCN(C(=O)c3cc(-c4ccccc4)nc(-c4ccccc4)c3)CC2)CC1. The standard InChI is InChI=1S/C33H33N5O3/c39-31-12-11-26(23-34-31)32(40)37-15-13-28(14-16-37)36-17-19-38(20-18-36)33(41)27-21-29(24-7-3-1-4-8-24)35-30(22-27)25-9-5-2-6-10-25/h1-12,21-23,28H,13-20H2,(H,34,39). The van der Waals surface area contributed by atoms with Gasteiger partial charge in [-0.1, -0.05) is 60.7 Å². The van der Waals surface area contributed by atoms with Gasteiger partial charge in [0.15, 0.2) is 0 Å². The van der Waals surface area contributed by atoms with Gasteiger partial charge in [0.2, 0.25) is 5.56 Å². The van der Waals surface area contributed by atoms with E-state index < -0.39 is 0 Å². The Bertz CT molecular complexity index is 1490. The first-order valence-electron chi connectivity index (χ1n) is 14.2. The minimum atomic E-state index is -0.213. The number of hydrogen-bond acceptors (Lipinski definition) is 5. The molecule has 2 saturated heterocycles. The zero-order chi connectivity index (χ0) is 28.2. The summed E-state index contributed by atoms with van der Waals surface area (Å²) < 4.78 is 0. The maximum atomic E-state index is 13.7. The van der Waals surface area contributed by atoms with Crippen molar-refractivity contribution in [2.75, 3.05) is 39.3 Å². The second-order valence-corrected chi connectivity index (χ2v) is 10.7. The molecule has 0 saturated carbocycles. The molecule has 6 rings (SSSR count). The van der Waals surface area contributed by atoms with Gasteiger partial charge in [-0.3, -0.25) is 19.3 Å². The van der Waals surface area contributed by atoms with E-state index in [4.69, 9.17) is 4.98 Å². The van der Waals surface area contributed by atoms with Gasteiger partial charge in [-0.15, -0.1) is 0 Å². The Morgan fingerprint density at radius 1 is 0.659 bits per heavy atom. The molecular weight excluding hydrogens is 514 g/mol. The number of likely N-dealkylation sites (tertiary alicyclic amines) is 1. The van der Waals surface area contributed by atoms with Crippen LogP contribution in [0.3, 0.4) is 0 Å². The molecule has 0 atom stereocenters. The Morgan fingerprint density at radius 3 is 1.73 bits per heavy atom. The van der Waals surface area contributed by atoms with Crippen LogP contribution in [0, 0.1) is 0 Å². The molecule has 0 radical (unpaired) electrons. The van der Waals surface area contributed by atoms with Crippen molar-refractivity contribution in [2.24, 2.45) is 0 Å². The van der Waals surface area contributed by atoms with E-state index in [1.807, 2.05) is 82.6 Å². The van der Waals surface area contributed by atoms with Crippen LogP contribution >= 0.6 is 0 Å². The summed E-state index contributed by atoms with van der Waals surface area (Å²) in [5.41, 5.74) is 4.49. The lowest BCUT2D eigenvalue weighted by Gasteiger charge is -2.42. The Labute approximate surface area is 239 Å². The minimum absolute atomic E-state index is 0.0303. The van der Waals surface area contributed by atoms with Gasteiger partial charge in [-0.2, -0.15) is 0 Å². The van der Waals surface area contributed by atoms with Gasteiger partial charge >= 0.3 is 0 Å². The van der Waals surface area contributed by atoms with Crippen LogP contribution in [0.15, 0.2) is 95.9 Å². The Hall–Kier alpha value is -4.56. The van der Waals surface area contributed by atoms with E-state index in [1.54, 1.807) is 6.07 Å². The third-order valence-corrected chi connectivity index (χ3v) is 8.11. The zero-order valence-corrected chi connectivity index (χ0v) is 22.9. The highest BCUT2D eigenvalue weighted by molar-refractivity contribution is 5.96.